The van der Waals surface area contributed by atoms with Gasteiger partial charge in [-0.05, 0) is 18.1 Å². The molecule has 3 N–H and O–H groups in total. The molecule has 0 saturated carbocycles. The van der Waals surface area contributed by atoms with Gasteiger partial charge in [0.2, 0.25) is 5.91 Å². The van der Waals surface area contributed by atoms with Crippen LogP contribution in [0.25, 0.3) is 0 Å². The lowest BCUT2D eigenvalue weighted by Gasteiger charge is -2.22. The molecule has 0 unspecified atom stereocenters. The van der Waals surface area contributed by atoms with Crippen LogP contribution in [0.3, 0.4) is 0 Å². The number of para-hydroxylation sites is 2. The van der Waals surface area contributed by atoms with Crippen LogP contribution in [0.5, 0.6) is 5.75 Å². The molecule has 2 rings (SSSR count). The smallest absolute Gasteiger partial charge is 0.318 e. The van der Waals surface area contributed by atoms with Gasteiger partial charge in [-0.3, -0.25) is 19.7 Å². The van der Waals surface area contributed by atoms with Crippen molar-refractivity contribution in [1.29, 1.82) is 0 Å². The summed E-state index contributed by atoms with van der Waals surface area (Å²) in [6.07, 6.45) is -1.22. The van der Waals surface area contributed by atoms with E-state index in [0.717, 1.165) is 0 Å². The number of hydrogen-bond donors (Lipinski definition) is 2. The number of primary amides is 1. The number of nitrogens with zero attached hydrogens (tertiary/aromatic N) is 1. The largest absolute Gasteiger partial charge is 0.495 e. The maximum atomic E-state index is 12.5. The number of nitrogens with two attached hydrogens (primary N) is 1. The van der Waals surface area contributed by atoms with Gasteiger partial charge in [0.15, 0.2) is 6.10 Å². The van der Waals surface area contributed by atoms with Gasteiger partial charge >= 0.3 is 12.0 Å². The van der Waals surface area contributed by atoms with Gasteiger partial charge < -0.3 is 20.1 Å². The molecule has 9 nitrogen and oxygen atoms in total. The number of hydrogen-bond acceptors (Lipinski definition) is 6. The fourth-order valence-corrected chi connectivity index (χ4v) is 2.86. The number of esters is 1. The third-order valence-electron chi connectivity index (χ3n) is 4.19. The Morgan fingerprint density at radius 3 is 2.52 bits per heavy atom. The SMILES string of the molecule is COc1ccccc1N1C[C@@H](C(=O)O[C@H](C(=O)NC(N)=O)C(C)C)CC1=O. The molecular formula is C18H23N3O6. The van der Waals surface area contributed by atoms with Crippen molar-refractivity contribution in [2.75, 3.05) is 18.6 Å². The Bertz CT molecular complexity index is 748. The van der Waals surface area contributed by atoms with Crippen LogP contribution in [0.15, 0.2) is 24.3 Å². The van der Waals surface area contributed by atoms with Crippen molar-refractivity contribution >= 4 is 29.5 Å². The summed E-state index contributed by atoms with van der Waals surface area (Å²) in [5.74, 6) is -2.32. The lowest BCUT2D eigenvalue weighted by Crippen LogP contribution is -2.46. The first-order valence-electron chi connectivity index (χ1n) is 8.48. The van der Waals surface area contributed by atoms with E-state index in [4.69, 9.17) is 15.2 Å². The minimum Gasteiger partial charge on any atom is -0.495 e. The number of carbonyl (C=O) groups is 4. The zero-order chi connectivity index (χ0) is 20.1. The van der Waals surface area contributed by atoms with Gasteiger partial charge in [0, 0.05) is 13.0 Å². The summed E-state index contributed by atoms with van der Waals surface area (Å²) in [4.78, 5) is 49.2. The Kier molecular flexibility index (Phi) is 6.38. The van der Waals surface area contributed by atoms with E-state index in [1.165, 1.54) is 12.0 Å². The molecule has 2 atom stereocenters. The van der Waals surface area contributed by atoms with Gasteiger partial charge in [0.05, 0.1) is 18.7 Å². The van der Waals surface area contributed by atoms with Crippen LogP contribution in [-0.2, 0) is 19.1 Å². The van der Waals surface area contributed by atoms with Crippen LogP contribution in [0.1, 0.15) is 20.3 Å². The van der Waals surface area contributed by atoms with Crippen LogP contribution >= 0.6 is 0 Å². The van der Waals surface area contributed by atoms with E-state index in [1.807, 2.05) is 5.32 Å². The predicted octanol–water partition coefficient (Wildman–Crippen LogP) is 0.811. The van der Waals surface area contributed by atoms with E-state index in [-0.39, 0.29) is 24.8 Å². The van der Waals surface area contributed by atoms with E-state index in [2.05, 4.69) is 0 Å². The molecule has 1 aliphatic rings. The summed E-state index contributed by atoms with van der Waals surface area (Å²) in [5, 5.41) is 1.91. The van der Waals surface area contributed by atoms with Gasteiger partial charge in [0.25, 0.3) is 5.91 Å². The average Bonchev–Trinajstić information content (AvgIpc) is 3.00. The molecule has 1 aromatic rings. The fraction of sp³-hybridized carbons (Fsp3) is 0.444. The average molecular weight is 377 g/mol. The summed E-state index contributed by atoms with van der Waals surface area (Å²) >= 11 is 0. The highest BCUT2D eigenvalue weighted by Crippen LogP contribution is 2.33. The zero-order valence-electron chi connectivity index (χ0n) is 15.4. The van der Waals surface area contributed by atoms with Crippen LogP contribution in [0.2, 0.25) is 0 Å². The summed E-state index contributed by atoms with van der Waals surface area (Å²) in [6.45, 7) is 3.44. The predicted molar refractivity (Wildman–Crippen MR) is 95.9 cm³/mol. The van der Waals surface area contributed by atoms with Crippen LogP contribution in [0.4, 0.5) is 10.5 Å². The molecule has 4 amide bonds. The maximum Gasteiger partial charge on any atom is 0.318 e. The highest BCUT2D eigenvalue weighted by atomic mass is 16.5. The minimum atomic E-state index is -1.18. The van der Waals surface area contributed by atoms with Gasteiger partial charge in [-0.15, -0.1) is 0 Å². The maximum absolute atomic E-state index is 12.5. The second kappa shape index (κ2) is 8.52. The Morgan fingerprint density at radius 1 is 1.26 bits per heavy atom. The van der Waals surface area contributed by atoms with Crippen molar-refractivity contribution in [2.24, 2.45) is 17.6 Å². The van der Waals surface area contributed by atoms with Crippen molar-refractivity contribution in [3.63, 3.8) is 0 Å². The van der Waals surface area contributed by atoms with Crippen molar-refractivity contribution in [3.8, 4) is 5.75 Å². The van der Waals surface area contributed by atoms with Crippen molar-refractivity contribution in [2.45, 2.75) is 26.4 Å². The number of methoxy groups -OCH3 is 1. The van der Waals surface area contributed by atoms with Crippen LogP contribution in [0, 0.1) is 11.8 Å². The topological polar surface area (TPSA) is 128 Å². The second-order valence-electron chi connectivity index (χ2n) is 6.53. The zero-order valence-corrected chi connectivity index (χ0v) is 15.4. The van der Waals surface area contributed by atoms with E-state index in [0.29, 0.717) is 11.4 Å². The number of nitrogens with one attached hydrogen (secondary N) is 1. The van der Waals surface area contributed by atoms with E-state index in [9.17, 15) is 19.2 Å². The monoisotopic (exact) mass is 377 g/mol. The molecule has 1 saturated heterocycles. The normalized spacial score (nSPS) is 17.6. The number of ether oxygens (including phenoxy) is 2. The number of benzene rings is 1. The molecule has 0 spiro atoms. The number of amides is 4. The third kappa shape index (κ3) is 4.75. The first-order chi connectivity index (χ1) is 12.7. The molecule has 146 valence electrons. The van der Waals surface area contributed by atoms with E-state index in [1.54, 1.807) is 38.1 Å². The fourth-order valence-electron chi connectivity index (χ4n) is 2.86. The Labute approximate surface area is 156 Å². The van der Waals surface area contributed by atoms with E-state index >= 15 is 0 Å². The Hall–Kier alpha value is -3.10. The first-order valence-corrected chi connectivity index (χ1v) is 8.48. The van der Waals surface area contributed by atoms with Gasteiger partial charge in [-0.25, -0.2) is 4.79 Å². The second-order valence-corrected chi connectivity index (χ2v) is 6.53. The molecule has 0 aliphatic carbocycles. The highest BCUT2D eigenvalue weighted by molar-refractivity contribution is 6.01. The molecule has 0 radical (unpaired) electrons. The standard InChI is InChI=1S/C18H23N3O6/c1-10(2)15(16(23)20-18(19)25)27-17(24)11-8-14(22)21(9-11)12-6-4-5-7-13(12)26-3/h4-7,10-11,15H,8-9H2,1-3H3,(H3,19,20,23,25)/t11-,15-/m0/s1. The summed E-state index contributed by atoms with van der Waals surface area (Å²) in [6, 6.07) is 5.96. The summed E-state index contributed by atoms with van der Waals surface area (Å²) < 4.78 is 10.5. The minimum absolute atomic E-state index is 0.0425. The van der Waals surface area contributed by atoms with Crippen LogP contribution in [-0.4, -0.2) is 43.6 Å². The molecule has 1 heterocycles. The molecule has 1 aromatic carbocycles. The van der Waals surface area contributed by atoms with Crippen LogP contribution < -0.4 is 20.7 Å². The quantitative estimate of drug-likeness (QED) is 0.706. The third-order valence-corrected chi connectivity index (χ3v) is 4.19. The number of carbonyl (C=O) groups excluding carboxylic acids is 4. The molecule has 0 bridgehead atoms. The summed E-state index contributed by atoms with van der Waals surface area (Å²) in [5.41, 5.74) is 5.50. The number of imide groups is 1. The first kappa shape index (κ1) is 20.2. The van der Waals surface area contributed by atoms with Gasteiger partial charge in [0.1, 0.15) is 5.75 Å². The van der Waals surface area contributed by atoms with Crippen molar-refractivity contribution in [3.05, 3.63) is 24.3 Å². The molecule has 9 heteroatoms. The lowest BCUT2D eigenvalue weighted by molar-refractivity contribution is -0.161. The lowest BCUT2D eigenvalue weighted by atomic mass is 10.1. The van der Waals surface area contributed by atoms with Crippen molar-refractivity contribution < 1.29 is 28.7 Å². The van der Waals surface area contributed by atoms with Gasteiger partial charge in [-0.1, -0.05) is 26.0 Å². The molecule has 27 heavy (non-hydrogen) atoms. The van der Waals surface area contributed by atoms with Gasteiger partial charge in [-0.2, -0.15) is 0 Å². The molecular weight excluding hydrogens is 354 g/mol. The Balaban J connectivity index is 2.10. The highest BCUT2D eigenvalue weighted by Gasteiger charge is 2.39. The van der Waals surface area contributed by atoms with Crippen molar-refractivity contribution in [1.82, 2.24) is 5.32 Å². The molecule has 1 fully saturated rings. The Morgan fingerprint density at radius 2 is 1.93 bits per heavy atom. The van der Waals surface area contributed by atoms with E-state index < -0.39 is 29.9 Å². The number of rotatable bonds is 6. The molecule has 0 aromatic heterocycles. The summed E-state index contributed by atoms with van der Waals surface area (Å²) in [7, 11) is 1.50. The molecule has 1 aliphatic heterocycles. The number of anilines is 1. The number of urea groups is 1.